The molecule has 0 spiro atoms. The van der Waals surface area contributed by atoms with E-state index in [-0.39, 0.29) is 5.82 Å². The van der Waals surface area contributed by atoms with Gasteiger partial charge < -0.3 is 21.4 Å². The number of H-pyrrole nitrogens is 1. The van der Waals surface area contributed by atoms with Crippen LogP contribution in [0.2, 0.25) is 0 Å². The van der Waals surface area contributed by atoms with Gasteiger partial charge in [-0.05, 0) is 79.3 Å². The molecular weight excluding hydrogens is 367 g/mol. The summed E-state index contributed by atoms with van der Waals surface area (Å²) in [6, 6.07) is 8.99. The number of halogens is 1. The lowest BCUT2D eigenvalue weighted by Gasteiger charge is -2.22. The number of nitrogens with one attached hydrogen (secondary N) is 3. The first-order valence-corrected chi connectivity index (χ1v) is 10.2. The monoisotopic (exact) mass is 394 g/mol. The second-order valence-corrected chi connectivity index (χ2v) is 7.67. The van der Waals surface area contributed by atoms with Crippen molar-refractivity contribution in [1.82, 2.24) is 15.6 Å². The summed E-state index contributed by atoms with van der Waals surface area (Å²) in [7, 11) is 0. The lowest BCUT2D eigenvalue weighted by atomic mass is 9.88. The van der Waals surface area contributed by atoms with E-state index in [0.29, 0.717) is 23.6 Å². The maximum Gasteiger partial charge on any atom is 0.250 e. The van der Waals surface area contributed by atoms with E-state index in [1.807, 2.05) is 19.2 Å². The van der Waals surface area contributed by atoms with Crippen molar-refractivity contribution in [2.45, 2.75) is 32.2 Å². The Bertz CT molecular complexity index is 1040. The normalized spacial score (nSPS) is 15.1. The number of carbonyl (C=O) groups is 1. The number of amides is 1. The summed E-state index contributed by atoms with van der Waals surface area (Å²) in [5.41, 5.74) is 10.5. The number of primary amides is 1. The number of piperidine rings is 1. The van der Waals surface area contributed by atoms with E-state index in [0.717, 1.165) is 54.5 Å². The molecule has 1 amide bonds. The van der Waals surface area contributed by atoms with Crippen molar-refractivity contribution >= 4 is 16.8 Å². The number of rotatable bonds is 6. The number of fused-ring (bicyclic) bond motifs is 1. The zero-order chi connectivity index (χ0) is 20.4. The van der Waals surface area contributed by atoms with E-state index in [4.69, 9.17) is 5.73 Å². The molecule has 1 aromatic heterocycles. The number of nitrogens with two attached hydrogens (primary N) is 1. The van der Waals surface area contributed by atoms with Crippen molar-refractivity contribution in [3.05, 3.63) is 59.0 Å². The fourth-order valence-electron chi connectivity index (χ4n) is 4.23. The molecule has 0 radical (unpaired) electrons. The molecule has 3 aromatic rings. The van der Waals surface area contributed by atoms with Crippen LogP contribution in [0.1, 0.15) is 47.2 Å². The predicted octanol–water partition coefficient (Wildman–Crippen LogP) is 3.65. The molecular formula is C23H27FN4O. The Morgan fingerprint density at radius 2 is 2.00 bits per heavy atom. The molecule has 152 valence electrons. The van der Waals surface area contributed by atoms with E-state index >= 15 is 0 Å². The van der Waals surface area contributed by atoms with Crippen molar-refractivity contribution in [2.75, 3.05) is 19.6 Å². The zero-order valence-corrected chi connectivity index (χ0v) is 16.6. The molecule has 0 atom stereocenters. The molecule has 2 heterocycles. The van der Waals surface area contributed by atoms with Gasteiger partial charge in [0.1, 0.15) is 5.82 Å². The third-order valence-electron chi connectivity index (χ3n) is 5.81. The molecule has 5 N–H and O–H groups in total. The second-order valence-electron chi connectivity index (χ2n) is 7.67. The summed E-state index contributed by atoms with van der Waals surface area (Å²) in [6.07, 6.45) is 4.14. The summed E-state index contributed by atoms with van der Waals surface area (Å²) in [5, 5.41) is 7.59. The van der Waals surface area contributed by atoms with Gasteiger partial charge >= 0.3 is 0 Å². The highest BCUT2D eigenvalue weighted by Gasteiger charge is 2.21. The number of aromatic nitrogens is 1. The first-order valence-electron chi connectivity index (χ1n) is 10.2. The number of hydrogen-bond donors (Lipinski definition) is 4. The van der Waals surface area contributed by atoms with Gasteiger partial charge in [-0.1, -0.05) is 13.0 Å². The minimum atomic E-state index is -0.467. The number of hydrogen-bond acceptors (Lipinski definition) is 3. The average Bonchev–Trinajstić information content (AvgIpc) is 3.17. The molecule has 1 aliphatic rings. The summed E-state index contributed by atoms with van der Waals surface area (Å²) >= 11 is 0. The molecule has 6 heteroatoms. The fourth-order valence-corrected chi connectivity index (χ4v) is 4.23. The van der Waals surface area contributed by atoms with Crippen molar-refractivity contribution < 1.29 is 9.18 Å². The molecule has 1 aliphatic heterocycles. The first kappa shape index (κ1) is 19.6. The fraction of sp³-hybridized carbons (Fsp3) is 0.348. The van der Waals surface area contributed by atoms with Gasteiger partial charge in [0.25, 0.3) is 5.91 Å². The van der Waals surface area contributed by atoms with E-state index in [1.54, 1.807) is 12.1 Å². The molecule has 1 fully saturated rings. The van der Waals surface area contributed by atoms with Gasteiger partial charge in [0, 0.05) is 23.7 Å². The van der Waals surface area contributed by atoms with Crippen molar-refractivity contribution in [3.63, 3.8) is 0 Å². The Hall–Kier alpha value is -2.70. The lowest BCUT2D eigenvalue weighted by Crippen LogP contribution is -2.26. The van der Waals surface area contributed by atoms with E-state index in [9.17, 15) is 9.18 Å². The van der Waals surface area contributed by atoms with Crippen LogP contribution >= 0.6 is 0 Å². The highest BCUT2D eigenvalue weighted by molar-refractivity contribution is 6.07. The number of benzene rings is 2. The summed E-state index contributed by atoms with van der Waals surface area (Å²) < 4.78 is 14.2. The molecule has 5 nitrogen and oxygen atoms in total. The zero-order valence-electron chi connectivity index (χ0n) is 16.6. The van der Waals surface area contributed by atoms with Crippen LogP contribution in [-0.4, -0.2) is 30.5 Å². The molecule has 0 bridgehead atoms. The maximum atomic E-state index is 14.2. The predicted molar refractivity (Wildman–Crippen MR) is 114 cm³/mol. The molecule has 1 saturated heterocycles. The number of aromatic amines is 1. The van der Waals surface area contributed by atoms with Gasteiger partial charge in [0.05, 0.1) is 11.1 Å². The van der Waals surface area contributed by atoms with Crippen LogP contribution in [-0.2, 0) is 6.54 Å². The maximum absolute atomic E-state index is 14.2. The summed E-state index contributed by atoms with van der Waals surface area (Å²) in [5.74, 6) is -0.257. The Labute approximate surface area is 169 Å². The minimum absolute atomic E-state index is 0.233. The van der Waals surface area contributed by atoms with Crippen LogP contribution in [0.4, 0.5) is 4.39 Å². The SMILES string of the molecule is CCNCc1cc(-c2cc(C(N)=O)c3[nH]cc(C4CCNCC4)c3c2)ccc1F. The van der Waals surface area contributed by atoms with Gasteiger partial charge in [0.2, 0.25) is 0 Å². The minimum Gasteiger partial charge on any atom is -0.366 e. The van der Waals surface area contributed by atoms with E-state index < -0.39 is 5.91 Å². The second kappa shape index (κ2) is 8.35. The topological polar surface area (TPSA) is 82.9 Å². The van der Waals surface area contributed by atoms with Crippen molar-refractivity contribution in [3.8, 4) is 11.1 Å². The molecule has 0 saturated carbocycles. The van der Waals surface area contributed by atoms with E-state index in [2.05, 4.69) is 21.7 Å². The lowest BCUT2D eigenvalue weighted by molar-refractivity contribution is 0.100. The number of carbonyl (C=O) groups excluding carboxylic acids is 1. The van der Waals surface area contributed by atoms with Gasteiger partial charge in [-0.15, -0.1) is 0 Å². The third-order valence-corrected chi connectivity index (χ3v) is 5.81. The van der Waals surface area contributed by atoms with Crippen molar-refractivity contribution in [2.24, 2.45) is 5.73 Å². The highest BCUT2D eigenvalue weighted by atomic mass is 19.1. The van der Waals surface area contributed by atoms with Crippen LogP contribution in [0.15, 0.2) is 36.5 Å². The largest absolute Gasteiger partial charge is 0.366 e. The molecule has 29 heavy (non-hydrogen) atoms. The van der Waals surface area contributed by atoms with Gasteiger partial charge in [0.15, 0.2) is 0 Å². The van der Waals surface area contributed by atoms with Crippen LogP contribution in [0.5, 0.6) is 0 Å². The standard InChI is InChI=1S/C23H27FN4O/c1-2-26-12-17-9-15(3-4-21(17)24)16-10-18-20(14-5-7-27-8-6-14)13-28-22(18)19(11-16)23(25)29/h3-4,9-11,13-14,26-28H,2,5-8,12H2,1H3,(H2,25,29). The molecule has 2 aromatic carbocycles. The Morgan fingerprint density at radius 1 is 1.21 bits per heavy atom. The molecule has 4 rings (SSSR count). The van der Waals surface area contributed by atoms with Crippen molar-refractivity contribution in [1.29, 1.82) is 0 Å². The van der Waals surface area contributed by atoms with Gasteiger partial charge in [-0.2, -0.15) is 0 Å². The molecule has 0 aliphatic carbocycles. The Balaban J connectivity index is 1.83. The average molecular weight is 394 g/mol. The van der Waals surface area contributed by atoms with Gasteiger partial charge in [-0.25, -0.2) is 4.39 Å². The quantitative estimate of drug-likeness (QED) is 0.515. The Kier molecular flexibility index (Phi) is 5.65. The van der Waals surface area contributed by atoms with Gasteiger partial charge in [-0.3, -0.25) is 4.79 Å². The van der Waals surface area contributed by atoms with Crippen LogP contribution in [0.25, 0.3) is 22.0 Å². The highest BCUT2D eigenvalue weighted by Crippen LogP contribution is 2.36. The summed E-state index contributed by atoms with van der Waals surface area (Å²) in [6.45, 7) is 5.20. The Morgan fingerprint density at radius 3 is 2.72 bits per heavy atom. The first-order chi connectivity index (χ1) is 14.1. The summed E-state index contributed by atoms with van der Waals surface area (Å²) in [4.78, 5) is 15.4. The van der Waals surface area contributed by atoms with Crippen LogP contribution in [0.3, 0.4) is 0 Å². The van der Waals surface area contributed by atoms with E-state index in [1.165, 1.54) is 11.6 Å². The smallest absolute Gasteiger partial charge is 0.250 e. The molecule has 0 unspecified atom stereocenters. The van der Waals surface area contributed by atoms with Crippen LogP contribution < -0.4 is 16.4 Å². The third kappa shape index (κ3) is 3.91. The van der Waals surface area contributed by atoms with Crippen LogP contribution in [0, 0.1) is 5.82 Å².